The van der Waals surface area contributed by atoms with Gasteiger partial charge in [-0.15, -0.1) is 0 Å². The summed E-state index contributed by atoms with van der Waals surface area (Å²) in [5.74, 6) is -0.913. The Hall–Kier alpha value is -0.520. The van der Waals surface area contributed by atoms with Crippen molar-refractivity contribution in [2.75, 3.05) is 6.61 Å². The standard InChI is InChI=1S/C12H14Cl3NO3/c1-11(7-17,16-10(19)12(13,14)15)9(18)8-5-3-2-4-6-8/h2-6,9,17-18H,7H2,1H3,(H,16,19)/t9-,11-/m0/s1. The van der Waals surface area contributed by atoms with Crippen molar-refractivity contribution in [1.82, 2.24) is 5.32 Å². The molecule has 3 N–H and O–H groups in total. The quantitative estimate of drug-likeness (QED) is 0.741. The van der Waals surface area contributed by atoms with Gasteiger partial charge in [-0.3, -0.25) is 4.79 Å². The normalized spacial score (nSPS) is 16.5. The molecule has 0 radical (unpaired) electrons. The maximum absolute atomic E-state index is 11.6. The molecule has 1 rings (SSSR count). The van der Waals surface area contributed by atoms with Crippen molar-refractivity contribution >= 4 is 40.7 Å². The van der Waals surface area contributed by atoms with Gasteiger partial charge in [-0.05, 0) is 12.5 Å². The molecule has 19 heavy (non-hydrogen) atoms. The molecule has 0 aliphatic rings. The Morgan fingerprint density at radius 2 is 1.84 bits per heavy atom. The van der Waals surface area contributed by atoms with E-state index in [2.05, 4.69) is 5.32 Å². The number of aliphatic hydroxyl groups excluding tert-OH is 2. The predicted octanol–water partition coefficient (Wildman–Crippen LogP) is 1.96. The number of carbonyl (C=O) groups excluding carboxylic acids is 1. The number of nitrogens with one attached hydrogen (secondary N) is 1. The van der Waals surface area contributed by atoms with Crippen molar-refractivity contribution in [3.63, 3.8) is 0 Å². The second-order valence-electron chi connectivity index (χ2n) is 4.34. The van der Waals surface area contributed by atoms with Gasteiger partial charge in [0.2, 0.25) is 0 Å². The van der Waals surface area contributed by atoms with Crippen LogP contribution in [-0.2, 0) is 4.79 Å². The molecular formula is C12H14Cl3NO3. The molecule has 1 aromatic rings. The summed E-state index contributed by atoms with van der Waals surface area (Å²) in [6.07, 6.45) is -1.14. The van der Waals surface area contributed by atoms with Crippen LogP contribution in [0.15, 0.2) is 30.3 Å². The first-order valence-corrected chi connectivity index (χ1v) is 6.57. The average Bonchev–Trinajstić information content (AvgIpc) is 2.37. The molecule has 0 heterocycles. The molecule has 0 bridgehead atoms. The van der Waals surface area contributed by atoms with E-state index in [-0.39, 0.29) is 0 Å². The zero-order valence-corrected chi connectivity index (χ0v) is 12.4. The van der Waals surface area contributed by atoms with Crippen LogP contribution in [0, 0.1) is 0 Å². The van der Waals surface area contributed by atoms with Crippen LogP contribution in [0.3, 0.4) is 0 Å². The molecule has 106 valence electrons. The maximum Gasteiger partial charge on any atom is 0.272 e. The van der Waals surface area contributed by atoms with Crippen molar-refractivity contribution in [3.05, 3.63) is 35.9 Å². The SMILES string of the molecule is C[C@@](CO)(NC(=O)C(Cl)(Cl)Cl)[C@@H](O)c1ccccc1. The topological polar surface area (TPSA) is 69.6 Å². The molecule has 1 aromatic carbocycles. The highest BCUT2D eigenvalue weighted by Crippen LogP contribution is 2.30. The summed E-state index contributed by atoms with van der Waals surface area (Å²) in [6.45, 7) is 0.939. The van der Waals surface area contributed by atoms with Crippen LogP contribution in [0.1, 0.15) is 18.6 Å². The van der Waals surface area contributed by atoms with E-state index in [0.29, 0.717) is 5.56 Å². The molecule has 0 aliphatic heterocycles. The smallest absolute Gasteiger partial charge is 0.272 e. The zero-order chi connectivity index (χ0) is 14.7. The fourth-order valence-electron chi connectivity index (χ4n) is 1.53. The van der Waals surface area contributed by atoms with Crippen LogP contribution in [0.2, 0.25) is 0 Å². The maximum atomic E-state index is 11.6. The number of benzene rings is 1. The van der Waals surface area contributed by atoms with Crippen LogP contribution in [-0.4, -0.2) is 32.1 Å². The van der Waals surface area contributed by atoms with Gasteiger partial charge in [0.1, 0.15) is 6.10 Å². The third kappa shape index (κ3) is 4.23. The van der Waals surface area contributed by atoms with Gasteiger partial charge in [0, 0.05) is 0 Å². The summed E-state index contributed by atoms with van der Waals surface area (Å²) in [6, 6.07) is 8.58. The molecule has 4 nitrogen and oxygen atoms in total. The van der Waals surface area contributed by atoms with Crippen molar-refractivity contribution in [2.45, 2.75) is 22.4 Å². The van der Waals surface area contributed by atoms with Crippen LogP contribution in [0.5, 0.6) is 0 Å². The Kier molecular flexibility index (Phi) is 5.47. The first-order chi connectivity index (χ1) is 8.70. The largest absolute Gasteiger partial charge is 0.394 e. The van der Waals surface area contributed by atoms with Crippen LogP contribution < -0.4 is 5.32 Å². The minimum atomic E-state index is -2.16. The highest BCUT2D eigenvalue weighted by molar-refractivity contribution is 6.76. The van der Waals surface area contributed by atoms with Gasteiger partial charge in [0.05, 0.1) is 12.1 Å². The number of carbonyl (C=O) groups is 1. The lowest BCUT2D eigenvalue weighted by Crippen LogP contribution is -2.56. The van der Waals surface area contributed by atoms with E-state index in [0.717, 1.165) is 0 Å². The minimum Gasteiger partial charge on any atom is -0.394 e. The summed E-state index contributed by atoms with van der Waals surface area (Å²) in [4.78, 5) is 11.6. The number of rotatable bonds is 4. The van der Waals surface area contributed by atoms with Gasteiger partial charge >= 0.3 is 0 Å². The molecule has 0 fully saturated rings. The second kappa shape index (κ2) is 6.29. The predicted molar refractivity (Wildman–Crippen MR) is 75.3 cm³/mol. The van der Waals surface area contributed by atoms with E-state index in [4.69, 9.17) is 34.8 Å². The van der Waals surface area contributed by atoms with Crippen molar-refractivity contribution in [3.8, 4) is 0 Å². The fraction of sp³-hybridized carbons (Fsp3) is 0.417. The summed E-state index contributed by atoms with van der Waals surface area (Å²) < 4.78 is -2.16. The van der Waals surface area contributed by atoms with Crippen LogP contribution >= 0.6 is 34.8 Å². The molecule has 7 heteroatoms. The van der Waals surface area contributed by atoms with Crippen LogP contribution in [0.4, 0.5) is 0 Å². The van der Waals surface area contributed by atoms with E-state index in [1.54, 1.807) is 30.3 Å². The molecule has 1 amide bonds. The second-order valence-corrected chi connectivity index (χ2v) is 6.62. The Balaban J connectivity index is 2.95. The van der Waals surface area contributed by atoms with E-state index in [9.17, 15) is 15.0 Å². The highest BCUT2D eigenvalue weighted by Gasteiger charge is 2.40. The van der Waals surface area contributed by atoms with E-state index >= 15 is 0 Å². The van der Waals surface area contributed by atoms with E-state index in [1.165, 1.54) is 6.92 Å². The first kappa shape index (κ1) is 16.5. The van der Waals surface area contributed by atoms with Crippen LogP contribution in [0.25, 0.3) is 0 Å². The molecule has 0 saturated heterocycles. The number of hydrogen-bond donors (Lipinski definition) is 3. The van der Waals surface area contributed by atoms with Gasteiger partial charge in [0.15, 0.2) is 0 Å². The van der Waals surface area contributed by atoms with Gasteiger partial charge in [-0.1, -0.05) is 65.1 Å². The Labute approximate surface area is 126 Å². The molecule has 2 atom stereocenters. The zero-order valence-electron chi connectivity index (χ0n) is 10.1. The summed E-state index contributed by atoms with van der Waals surface area (Å²) in [5, 5.41) is 22.0. The molecule has 0 unspecified atom stereocenters. The lowest BCUT2D eigenvalue weighted by Gasteiger charge is -2.34. The van der Waals surface area contributed by atoms with Crippen molar-refractivity contribution in [1.29, 1.82) is 0 Å². The number of hydrogen-bond acceptors (Lipinski definition) is 3. The van der Waals surface area contributed by atoms with Crippen molar-refractivity contribution < 1.29 is 15.0 Å². The summed E-state index contributed by atoms with van der Waals surface area (Å²) >= 11 is 16.4. The minimum absolute atomic E-state index is 0.518. The lowest BCUT2D eigenvalue weighted by atomic mass is 9.90. The lowest BCUT2D eigenvalue weighted by molar-refractivity contribution is -0.124. The third-order valence-corrected chi connectivity index (χ3v) is 3.22. The Morgan fingerprint density at radius 3 is 2.26 bits per heavy atom. The van der Waals surface area contributed by atoms with E-state index in [1.807, 2.05) is 0 Å². The highest BCUT2D eigenvalue weighted by atomic mass is 35.6. The van der Waals surface area contributed by atoms with Gasteiger partial charge < -0.3 is 15.5 Å². The van der Waals surface area contributed by atoms with Gasteiger partial charge in [-0.25, -0.2) is 0 Å². The number of halogens is 3. The molecule has 0 aromatic heterocycles. The molecule has 0 aliphatic carbocycles. The Bertz CT molecular complexity index is 436. The Morgan fingerprint density at radius 1 is 1.32 bits per heavy atom. The monoisotopic (exact) mass is 325 g/mol. The average molecular weight is 327 g/mol. The molecular weight excluding hydrogens is 312 g/mol. The number of aliphatic hydroxyl groups is 2. The van der Waals surface area contributed by atoms with Gasteiger partial charge in [0.25, 0.3) is 9.70 Å². The van der Waals surface area contributed by atoms with Crippen molar-refractivity contribution in [2.24, 2.45) is 0 Å². The molecule has 0 spiro atoms. The summed E-state index contributed by atoms with van der Waals surface area (Å²) in [7, 11) is 0. The first-order valence-electron chi connectivity index (χ1n) is 5.44. The number of alkyl halides is 3. The van der Waals surface area contributed by atoms with Gasteiger partial charge in [-0.2, -0.15) is 0 Å². The fourth-order valence-corrected chi connectivity index (χ4v) is 1.67. The number of amides is 1. The third-order valence-electron chi connectivity index (χ3n) is 2.70. The summed E-state index contributed by atoms with van der Waals surface area (Å²) in [5.41, 5.74) is -0.828. The van der Waals surface area contributed by atoms with E-state index < -0.39 is 27.9 Å². The molecule has 0 saturated carbocycles.